The number of fused-ring (bicyclic) bond motifs is 6. The molecule has 4 heterocycles. The van der Waals surface area contributed by atoms with Crippen LogP contribution in [-0.2, 0) is 27.8 Å². The summed E-state index contributed by atoms with van der Waals surface area (Å²) >= 11 is 0. The molecule has 228 valence electrons. The van der Waals surface area contributed by atoms with Crippen molar-refractivity contribution in [3.05, 3.63) is 94.1 Å². The highest BCUT2D eigenvalue weighted by molar-refractivity contribution is 7.89. The van der Waals surface area contributed by atoms with Gasteiger partial charge in [0, 0.05) is 12.5 Å². The first-order chi connectivity index (χ1) is 21.2. The Morgan fingerprint density at radius 1 is 1.05 bits per heavy atom. The zero-order chi connectivity index (χ0) is 30.6. The SMILES string of the molecule is C/C1=C/CCC2CN(C3CCc4ccc(cc43)C(CC(=O)O)c3ccc4c(nnn4CC1)c3C)S(=O)(=O)c1ccccc1O2. The molecule has 4 aromatic rings. The van der Waals surface area contributed by atoms with Crippen LogP contribution in [0.4, 0.5) is 0 Å². The minimum atomic E-state index is -3.87. The number of allylic oxidation sites excluding steroid dienone is 2. The van der Waals surface area contributed by atoms with Gasteiger partial charge in [0.15, 0.2) is 0 Å². The van der Waals surface area contributed by atoms with Gasteiger partial charge in [-0.2, -0.15) is 4.31 Å². The fourth-order valence-electron chi connectivity index (χ4n) is 7.17. The van der Waals surface area contributed by atoms with Crippen molar-refractivity contribution in [2.75, 3.05) is 6.54 Å². The predicted octanol–water partition coefficient (Wildman–Crippen LogP) is 5.92. The molecule has 0 saturated carbocycles. The number of hydrogen-bond acceptors (Lipinski definition) is 6. The van der Waals surface area contributed by atoms with Crippen LogP contribution in [0.5, 0.6) is 5.75 Å². The predicted molar refractivity (Wildman–Crippen MR) is 166 cm³/mol. The van der Waals surface area contributed by atoms with Crippen molar-refractivity contribution in [1.29, 1.82) is 0 Å². The third-order valence-corrected chi connectivity index (χ3v) is 11.4. The zero-order valence-corrected chi connectivity index (χ0v) is 25.8. The van der Waals surface area contributed by atoms with E-state index in [1.807, 2.05) is 48.0 Å². The van der Waals surface area contributed by atoms with Gasteiger partial charge in [0.25, 0.3) is 0 Å². The molecule has 0 radical (unpaired) electrons. The smallest absolute Gasteiger partial charge is 0.304 e. The van der Waals surface area contributed by atoms with Crippen LogP contribution < -0.4 is 4.74 Å². The minimum absolute atomic E-state index is 0.0980. The lowest BCUT2D eigenvalue weighted by molar-refractivity contribution is -0.137. The molecular weight excluding hydrogens is 576 g/mol. The maximum absolute atomic E-state index is 14.3. The average molecular weight is 613 g/mol. The van der Waals surface area contributed by atoms with E-state index >= 15 is 0 Å². The molecule has 4 aliphatic rings. The Bertz CT molecular complexity index is 1910. The quantitative estimate of drug-likeness (QED) is 0.280. The Kier molecular flexibility index (Phi) is 7.29. The number of benzene rings is 3. The van der Waals surface area contributed by atoms with E-state index in [2.05, 4.69) is 23.3 Å². The molecule has 4 unspecified atom stereocenters. The second-order valence-electron chi connectivity index (χ2n) is 12.3. The molecule has 0 amide bonds. The Balaban J connectivity index is 1.40. The molecule has 44 heavy (non-hydrogen) atoms. The maximum Gasteiger partial charge on any atom is 0.304 e. The van der Waals surface area contributed by atoms with Crippen molar-refractivity contribution in [3.8, 4) is 5.75 Å². The van der Waals surface area contributed by atoms with Crippen molar-refractivity contribution in [2.24, 2.45) is 0 Å². The number of aryl methyl sites for hydroxylation is 3. The molecule has 8 rings (SSSR count). The van der Waals surface area contributed by atoms with Gasteiger partial charge >= 0.3 is 5.97 Å². The number of carboxylic acid groups (broad SMARTS) is 1. The van der Waals surface area contributed by atoms with Gasteiger partial charge in [-0.15, -0.1) is 5.10 Å². The third kappa shape index (κ3) is 4.99. The second-order valence-corrected chi connectivity index (χ2v) is 14.1. The first-order valence-corrected chi connectivity index (χ1v) is 16.7. The van der Waals surface area contributed by atoms with E-state index < -0.39 is 21.9 Å². The Morgan fingerprint density at radius 3 is 2.73 bits per heavy atom. The Labute approximate surface area is 257 Å². The van der Waals surface area contributed by atoms with Gasteiger partial charge in [-0.05, 0) is 92.0 Å². The first-order valence-electron chi connectivity index (χ1n) is 15.3. The molecule has 1 aliphatic carbocycles. The standard InChI is InChI=1S/C34H36N4O5S/c1-21-6-5-7-25-20-38(44(41,42)32-9-4-3-8-31(32)43-25)29-14-12-23-10-11-24(18-28(23)29)27(19-33(39)40)26-13-15-30-34(22(26)2)35-36-37(30)17-16-21/h3-4,6,8-11,13,15,18,25,27,29H,5,7,12,14,16-17,19-20H2,1-2H3,(H,39,40)/b21-6-. The van der Waals surface area contributed by atoms with Crippen LogP contribution in [0, 0.1) is 6.92 Å². The monoisotopic (exact) mass is 612 g/mol. The van der Waals surface area contributed by atoms with E-state index in [4.69, 9.17) is 4.74 Å². The highest BCUT2D eigenvalue weighted by atomic mass is 32.2. The molecule has 0 saturated heterocycles. The summed E-state index contributed by atoms with van der Waals surface area (Å²) < 4.78 is 38.5. The van der Waals surface area contributed by atoms with E-state index in [1.54, 1.807) is 22.5 Å². The molecule has 10 heteroatoms. The second kappa shape index (κ2) is 11.2. The number of aliphatic carboxylic acids is 1. The summed E-state index contributed by atoms with van der Waals surface area (Å²) in [5.74, 6) is -0.939. The van der Waals surface area contributed by atoms with Gasteiger partial charge in [-0.25, -0.2) is 13.1 Å². The van der Waals surface area contributed by atoms with Crippen molar-refractivity contribution < 1.29 is 23.1 Å². The summed E-state index contributed by atoms with van der Waals surface area (Å²) in [4.78, 5) is 12.4. The van der Waals surface area contributed by atoms with E-state index in [0.29, 0.717) is 25.1 Å². The number of hydrogen-bond donors (Lipinski definition) is 1. The van der Waals surface area contributed by atoms with Crippen molar-refractivity contribution in [1.82, 2.24) is 19.3 Å². The molecule has 3 aromatic carbocycles. The lowest BCUT2D eigenvalue weighted by atomic mass is 9.84. The number of ether oxygens (including phenoxy) is 1. The van der Waals surface area contributed by atoms with Crippen LogP contribution in [-0.4, -0.2) is 51.4 Å². The molecular formula is C34H36N4O5S. The van der Waals surface area contributed by atoms with Crippen LogP contribution in [0.1, 0.15) is 78.8 Å². The Morgan fingerprint density at radius 2 is 1.89 bits per heavy atom. The summed E-state index contributed by atoms with van der Waals surface area (Å²) in [7, 11) is -3.87. The summed E-state index contributed by atoms with van der Waals surface area (Å²) in [5.41, 5.74) is 7.61. The van der Waals surface area contributed by atoms with Gasteiger partial charge in [0.2, 0.25) is 10.0 Å². The van der Waals surface area contributed by atoms with Gasteiger partial charge in [-0.3, -0.25) is 4.79 Å². The molecule has 4 atom stereocenters. The normalized spacial score (nSPS) is 25.6. The van der Waals surface area contributed by atoms with E-state index in [0.717, 1.165) is 58.1 Å². The first kappa shape index (κ1) is 28.7. The largest absolute Gasteiger partial charge is 0.488 e. The van der Waals surface area contributed by atoms with Crippen molar-refractivity contribution in [3.63, 3.8) is 0 Å². The highest BCUT2D eigenvalue weighted by Crippen LogP contribution is 2.44. The number of rotatable bonds is 2. The average Bonchev–Trinajstić information content (AvgIpc) is 3.59. The number of nitrogens with zero attached hydrogens (tertiary/aromatic N) is 4. The van der Waals surface area contributed by atoms with Crippen LogP contribution in [0.15, 0.2) is 71.1 Å². The lowest BCUT2D eigenvalue weighted by Crippen LogP contribution is -2.39. The van der Waals surface area contributed by atoms with Crippen LogP contribution in [0.2, 0.25) is 0 Å². The van der Waals surface area contributed by atoms with Gasteiger partial charge in [0.1, 0.15) is 22.3 Å². The minimum Gasteiger partial charge on any atom is -0.488 e. The van der Waals surface area contributed by atoms with E-state index in [9.17, 15) is 18.3 Å². The van der Waals surface area contributed by atoms with Crippen LogP contribution in [0.3, 0.4) is 0 Å². The van der Waals surface area contributed by atoms with Crippen molar-refractivity contribution >= 4 is 27.0 Å². The fourth-order valence-corrected chi connectivity index (χ4v) is 8.96. The topological polar surface area (TPSA) is 115 Å². The molecule has 0 fully saturated rings. The number of carboxylic acids is 1. The van der Waals surface area contributed by atoms with Gasteiger partial charge < -0.3 is 9.84 Å². The van der Waals surface area contributed by atoms with Gasteiger partial charge in [0.05, 0.1) is 24.5 Å². The summed E-state index contributed by atoms with van der Waals surface area (Å²) in [6.07, 6.45) is 5.43. The van der Waals surface area contributed by atoms with Crippen molar-refractivity contribution in [2.45, 2.75) is 81.9 Å². The number of aromatic nitrogens is 3. The molecule has 3 aliphatic heterocycles. The molecule has 1 N–H and O–H groups in total. The summed E-state index contributed by atoms with van der Waals surface area (Å²) in [6.45, 7) is 5.00. The summed E-state index contributed by atoms with van der Waals surface area (Å²) in [5, 5.41) is 19.0. The third-order valence-electron chi connectivity index (χ3n) is 9.51. The fraction of sp³-hybridized carbons (Fsp3) is 0.382. The van der Waals surface area contributed by atoms with Crippen LogP contribution >= 0.6 is 0 Å². The van der Waals surface area contributed by atoms with Crippen LogP contribution in [0.25, 0.3) is 11.0 Å². The molecule has 9 nitrogen and oxygen atoms in total. The highest BCUT2D eigenvalue weighted by Gasteiger charge is 2.41. The zero-order valence-electron chi connectivity index (χ0n) is 24.9. The van der Waals surface area contributed by atoms with E-state index in [-0.39, 0.29) is 30.0 Å². The summed E-state index contributed by atoms with van der Waals surface area (Å²) in [6, 6.07) is 16.6. The lowest BCUT2D eigenvalue weighted by Gasteiger charge is -2.29. The number of carbonyl (C=O) groups is 1. The number of sulfonamides is 1. The molecule has 8 bridgehead atoms. The number of para-hydroxylation sites is 1. The maximum atomic E-state index is 14.3. The van der Waals surface area contributed by atoms with Gasteiger partial charge in [-0.1, -0.05) is 53.3 Å². The Hall–Kier alpha value is -4.02. The molecule has 0 spiro atoms. The van der Waals surface area contributed by atoms with E-state index in [1.165, 1.54) is 5.57 Å². The molecule has 1 aromatic heterocycles.